The Bertz CT molecular complexity index is 1410. The maximum Gasteiger partial charge on any atom is 0.150 e. The highest BCUT2D eigenvalue weighted by atomic mass is 16.5. The molecule has 1 aromatic heterocycles. The van der Waals surface area contributed by atoms with E-state index in [1.54, 1.807) is 0 Å². The van der Waals surface area contributed by atoms with Gasteiger partial charge in [-0.25, -0.2) is 15.0 Å². The number of anilines is 3. The Morgan fingerprint density at radius 2 is 1.65 bits per heavy atom. The molecule has 2 aliphatic rings. The van der Waals surface area contributed by atoms with E-state index in [0.29, 0.717) is 29.1 Å². The van der Waals surface area contributed by atoms with Crippen LogP contribution in [-0.4, -0.2) is 66.5 Å². The lowest BCUT2D eigenvalue weighted by Gasteiger charge is -2.32. The van der Waals surface area contributed by atoms with E-state index < -0.39 is 0 Å². The van der Waals surface area contributed by atoms with Gasteiger partial charge in [-0.3, -0.25) is 10.8 Å². The van der Waals surface area contributed by atoms with Crippen molar-refractivity contribution in [1.29, 1.82) is 5.41 Å². The Kier molecular flexibility index (Phi) is 24.0. The largest absolute Gasteiger partial charge is 0.455 e. The lowest BCUT2D eigenvalue weighted by molar-refractivity contribution is -0.108. The van der Waals surface area contributed by atoms with E-state index in [1.165, 1.54) is 32.0 Å². The highest BCUT2D eigenvalue weighted by Gasteiger charge is 2.23. The number of ether oxygens (including phenoxy) is 1. The fraction of sp³-hybridized carbons (Fsp3) is 0.537. The number of hydrogen-bond donors (Lipinski definition) is 5. The maximum atomic E-state index is 10.0. The monoisotopic (exact) mass is 719 g/mol. The van der Waals surface area contributed by atoms with Gasteiger partial charge in [0.15, 0.2) is 5.75 Å². The summed E-state index contributed by atoms with van der Waals surface area (Å²) >= 11 is 0. The number of benzene rings is 2. The summed E-state index contributed by atoms with van der Waals surface area (Å²) in [6, 6.07) is 15.4. The van der Waals surface area contributed by atoms with E-state index in [9.17, 15) is 9.59 Å². The van der Waals surface area contributed by atoms with E-state index in [2.05, 4.69) is 38.0 Å². The molecule has 2 fully saturated rings. The lowest BCUT2D eigenvalue weighted by Crippen LogP contribution is -2.45. The van der Waals surface area contributed by atoms with Crippen LogP contribution < -0.4 is 26.5 Å². The number of rotatable bonds is 13. The third-order valence-electron chi connectivity index (χ3n) is 8.69. The van der Waals surface area contributed by atoms with Crippen LogP contribution in [0.1, 0.15) is 110 Å². The first-order valence-corrected chi connectivity index (χ1v) is 19.1. The van der Waals surface area contributed by atoms with Gasteiger partial charge in [0.2, 0.25) is 0 Å². The van der Waals surface area contributed by atoms with Gasteiger partial charge < -0.3 is 30.7 Å². The fourth-order valence-corrected chi connectivity index (χ4v) is 6.00. The number of nitrogens with zero attached hydrogens (tertiary/aromatic N) is 3. The molecule has 1 aliphatic heterocycles. The summed E-state index contributed by atoms with van der Waals surface area (Å²) in [7, 11) is 3.76. The van der Waals surface area contributed by atoms with Crippen LogP contribution in [0.25, 0.3) is 0 Å². The molecule has 6 N–H and O–H groups in total. The predicted molar refractivity (Wildman–Crippen MR) is 218 cm³/mol. The van der Waals surface area contributed by atoms with Gasteiger partial charge in [-0.2, -0.15) is 0 Å². The van der Waals surface area contributed by atoms with Crippen molar-refractivity contribution in [2.45, 2.75) is 105 Å². The molecule has 0 radical (unpaired) electrons. The first-order chi connectivity index (χ1) is 25.3. The van der Waals surface area contributed by atoms with E-state index in [-0.39, 0.29) is 17.6 Å². The van der Waals surface area contributed by atoms with E-state index in [1.807, 2.05) is 97.2 Å². The molecule has 0 spiro atoms. The zero-order chi connectivity index (χ0) is 38.7. The second-order valence-corrected chi connectivity index (χ2v) is 12.3. The quantitative estimate of drug-likeness (QED) is 0.0657. The zero-order valence-corrected chi connectivity index (χ0v) is 33.0. The molecule has 0 bridgehead atoms. The second-order valence-electron chi connectivity index (χ2n) is 12.3. The molecular weight excluding hydrogens is 653 g/mol. The van der Waals surface area contributed by atoms with E-state index in [0.717, 1.165) is 74.6 Å². The van der Waals surface area contributed by atoms with Crippen LogP contribution in [0.5, 0.6) is 11.5 Å². The summed E-state index contributed by atoms with van der Waals surface area (Å²) in [5.41, 5.74) is 11.6. The van der Waals surface area contributed by atoms with Gasteiger partial charge in [0.1, 0.15) is 36.3 Å². The van der Waals surface area contributed by atoms with Crippen LogP contribution >= 0.6 is 0 Å². The zero-order valence-electron chi connectivity index (χ0n) is 33.0. The van der Waals surface area contributed by atoms with Crippen molar-refractivity contribution in [2.24, 2.45) is 11.8 Å². The third-order valence-corrected chi connectivity index (χ3v) is 8.69. The fourth-order valence-electron chi connectivity index (χ4n) is 6.00. The molecule has 2 aromatic carbocycles. The summed E-state index contributed by atoms with van der Waals surface area (Å²) < 4.78 is 6.00. The van der Waals surface area contributed by atoms with Crippen LogP contribution in [0, 0.1) is 17.2 Å². The first kappa shape index (κ1) is 45.7. The molecule has 1 saturated carbocycles. The number of unbranched alkanes of at least 4 members (excludes halogenated alkanes) is 1. The molecule has 2 atom stereocenters. The normalized spacial score (nSPS) is 16.5. The molecule has 1 saturated heterocycles. The maximum absolute atomic E-state index is 10.0. The summed E-state index contributed by atoms with van der Waals surface area (Å²) in [5.74, 6) is 4.16. The molecule has 2 heterocycles. The molecule has 11 nitrogen and oxygen atoms in total. The number of nitrogen functional groups attached to an aromatic ring is 1. The number of carbonyl (C=O) groups is 2. The Hall–Kier alpha value is -4.35. The Morgan fingerprint density at radius 1 is 0.981 bits per heavy atom. The number of piperidine rings is 1. The molecule has 52 heavy (non-hydrogen) atoms. The Morgan fingerprint density at radius 3 is 2.21 bits per heavy atom. The first-order valence-electron chi connectivity index (χ1n) is 19.1. The standard InChI is InChI=1S/C24H30N8O.C10H18O.C3H6O.2C2H6/c1-27-19-14-16(8-9-20(19)33-18-6-4-3-5-7-18)22(25)21-23(26)29-15-30-24(21)31-17-10-12-32(28-2)13-11-17;1-9-5-6-10(8-9)4-2-3-7-11;1-2-3-4;2*1-2/h3-9,14-15,17,25,27-28H,10-13H2,1-2H3,(H3,26,29,30,31);7,9-10H,2-6,8H2,1H3;3H,2H2,1H3;2*1-2H3. The van der Waals surface area contributed by atoms with Gasteiger partial charge in [0.25, 0.3) is 0 Å². The second kappa shape index (κ2) is 27.3. The van der Waals surface area contributed by atoms with Crippen molar-refractivity contribution in [1.82, 2.24) is 20.4 Å². The van der Waals surface area contributed by atoms with Crippen LogP contribution in [0.2, 0.25) is 0 Å². The Balaban J connectivity index is 0.000000589. The van der Waals surface area contributed by atoms with Gasteiger partial charge >= 0.3 is 0 Å². The average molecular weight is 719 g/mol. The summed E-state index contributed by atoms with van der Waals surface area (Å²) in [5, 5.41) is 17.7. The van der Waals surface area contributed by atoms with Crippen molar-refractivity contribution < 1.29 is 14.3 Å². The number of hydrogen-bond acceptors (Lipinski definition) is 11. The van der Waals surface area contributed by atoms with Crippen molar-refractivity contribution in [3.05, 3.63) is 66.0 Å². The molecular formula is C41H66N8O3. The molecule has 3 aromatic rings. The van der Waals surface area contributed by atoms with Crippen molar-refractivity contribution in [3.8, 4) is 11.5 Å². The Labute approximate surface area is 313 Å². The highest BCUT2D eigenvalue weighted by molar-refractivity contribution is 6.16. The molecule has 5 rings (SSSR count). The summed E-state index contributed by atoms with van der Waals surface area (Å²) in [6.45, 7) is 14.0. The number of aromatic nitrogens is 2. The number of nitrogens with two attached hydrogens (primary N) is 1. The summed E-state index contributed by atoms with van der Waals surface area (Å²) in [4.78, 5) is 27.8. The van der Waals surface area contributed by atoms with Gasteiger partial charge in [0.05, 0.1) is 17.0 Å². The highest BCUT2D eigenvalue weighted by Crippen LogP contribution is 2.34. The molecule has 1 aliphatic carbocycles. The minimum absolute atomic E-state index is 0.255. The van der Waals surface area contributed by atoms with E-state index in [4.69, 9.17) is 15.9 Å². The van der Waals surface area contributed by atoms with Crippen LogP contribution in [0.3, 0.4) is 0 Å². The molecule has 2 unspecified atom stereocenters. The van der Waals surface area contributed by atoms with Crippen LogP contribution in [0.4, 0.5) is 17.3 Å². The molecule has 11 heteroatoms. The molecule has 288 valence electrons. The minimum atomic E-state index is 0.255. The van der Waals surface area contributed by atoms with Gasteiger partial charge in [-0.15, -0.1) is 0 Å². The van der Waals surface area contributed by atoms with Gasteiger partial charge in [-0.05, 0) is 74.9 Å². The van der Waals surface area contributed by atoms with Gasteiger partial charge in [0, 0.05) is 44.6 Å². The molecule has 0 amide bonds. The number of hydrazine groups is 1. The van der Waals surface area contributed by atoms with Crippen LogP contribution in [-0.2, 0) is 9.59 Å². The number of nitrogens with one attached hydrogen (secondary N) is 4. The smallest absolute Gasteiger partial charge is 0.150 e. The number of aldehydes is 2. The number of para-hydroxylation sites is 1. The summed E-state index contributed by atoms with van der Waals surface area (Å²) in [6.07, 6.45) is 13.3. The predicted octanol–water partition coefficient (Wildman–Crippen LogP) is 8.76. The van der Waals surface area contributed by atoms with E-state index >= 15 is 0 Å². The minimum Gasteiger partial charge on any atom is -0.455 e. The van der Waals surface area contributed by atoms with Crippen LogP contribution in [0.15, 0.2) is 54.9 Å². The van der Waals surface area contributed by atoms with Crippen molar-refractivity contribution in [3.63, 3.8) is 0 Å². The lowest BCUT2D eigenvalue weighted by atomic mass is 10.00. The van der Waals surface area contributed by atoms with Crippen molar-refractivity contribution in [2.75, 3.05) is 43.6 Å². The van der Waals surface area contributed by atoms with Crippen molar-refractivity contribution >= 4 is 35.6 Å². The SMILES string of the molecule is CC.CC.CC1CCC(CCCC=O)C1.CCC=O.CNc1cc(C(=N)c2c(N)ncnc2NC2CCN(NC)CC2)ccc1Oc1ccccc1. The third kappa shape index (κ3) is 15.9. The van der Waals surface area contributed by atoms with Gasteiger partial charge in [-0.1, -0.05) is 79.0 Å². The average Bonchev–Trinajstić information content (AvgIpc) is 3.62. The number of carbonyl (C=O) groups excluding carboxylic acids is 2. The topological polar surface area (TPSA) is 158 Å².